The van der Waals surface area contributed by atoms with E-state index in [0.29, 0.717) is 12.8 Å². The molecule has 0 bridgehead atoms. The van der Waals surface area contributed by atoms with Crippen LogP contribution in [0.1, 0.15) is 83.1 Å². The van der Waals surface area contributed by atoms with Crippen LogP contribution in [0, 0.1) is 0 Å². The number of unbranched alkanes of at least 4 members (excludes halogenated alkanes) is 6. The van der Waals surface area contributed by atoms with Gasteiger partial charge in [0.15, 0.2) is 0 Å². The monoisotopic (exact) mass is 425 g/mol. The second kappa shape index (κ2) is 18.3. The number of hydrogen-bond acceptors (Lipinski definition) is 6. The molecule has 6 nitrogen and oxygen atoms in total. The summed E-state index contributed by atoms with van der Waals surface area (Å²) < 4.78 is 4.99. The van der Waals surface area contributed by atoms with Crippen LogP contribution in [-0.4, -0.2) is 23.9 Å². The molecular weight excluding hydrogens is 393 g/mol. The van der Waals surface area contributed by atoms with Gasteiger partial charge in [-0.05, 0) is 30.5 Å². The normalized spacial score (nSPS) is 10.6. The third-order valence-corrected chi connectivity index (χ3v) is 4.49. The molecule has 1 aromatic carbocycles. The molecule has 0 spiro atoms. The summed E-state index contributed by atoms with van der Waals surface area (Å²) in [5.74, 6) is -1.64. The van der Waals surface area contributed by atoms with Crippen LogP contribution in [0.5, 0.6) is 0 Å². The van der Waals surface area contributed by atoms with Crippen LogP contribution in [0.2, 0.25) is 0 Å². The maximum absolute atomic E-state index is 11.9. The first-order valence-electron chi connectivity index (χ1n) is 10.5. The summed E-state index contributed by atoms with van der Waals surface area (Å²) in [5.41, 5.74) is 1.50. The minimum atomic E-state index is -1.27. The summed E-state index contributed by atoms with van der Waals surface area (Å²) in [4.78, 5) is 37.8. The standard InChI is InChI=1S/C23H33NO5.Na/c1-2-3-4-5-6-7-8-9-21(25)16-17-24-20-12-10-19(11-13-20)18-29-23(28)15-14-22(26)27;/h10-13,17H,2-9,14-16,18H2,1H3,(H,26,27);/q;+1/p-1. The molecule has 0 amide bonds. The van der Waals surface area contributed by atoms with E-state index in [-0.39, 0.29) is 54.8 Å². The Kier molecular flexibility index (Phi) is 17.4. The Hall–Kier alpha value is -1.50. The summed E-state index contributed by atoms with van der Waals surface area (Å²) in [7, 11) is 0. The largest absolute Gasteiger partial charge is 1.00 e. The van der Waals surface area contributed by atoms with Crippen LogP contribution in [0.4, 0.5) is 5.69 Å². The summed E-state index contributed by atoms with van der Waals surface area (Å²) in [6, 6.07) is 7.11. The number of benzene rings is 1. The van der Waals surface area contributed by atoms with Gasteiger partial charge in [-0.3, -0.25) is 14.6 Å². The van der Waals surface area contributed by atoms with Gasteiger partial charge in [0.2, 0.25) is 0 Å². The zero-order valence-electron chi connectivity index (χ0n) is 18.4. The third-order valence-electron chi connectivity index (χ3n) is 4.49. The molecule has 0 N–H and O–H groups in total. The van der Waals surface area contributed by atoms with E-state index in [9.17, 15) is 19.5 Å². The second-order valence-electron chi connectivity index (χ2n) is 7.12. The van der Waals surface area contributed by atoms with E-state index in [4.69, 9.17) is 4.74 Å². The fraction of sp³-hybridized carbons (Fsp3) is 0.565. The Morgan fingerprint density at radius 2 is 1.57 bits per heavy atom. The van der Waals surface area contributed by atoms with E-state index in [1.165, 1.54) is 32.1 Å². The number of aliphatic carboxylic acids is 1. The van der Waals surface area contributed by atoms with Crippen LogP contribution in [-0.2, 0) is 25.7 Å². The van der Waals surface area contributed by atoms with Crippen molar-refractivity contribution in [3.8, 4) is 0 Å². The number of ketones is 1. The third kappa shape index (κ3) is 15.4. The number of ether oxygens (including phenoxy) is 1. The van der Waals surface area contributed by atoms with E-state index in [1.54, 1.807) is 30.5 Å². The van der Waals surface area contributed by atoms with Gasteiger partial charge in [0.25, 0.3) is 0 Å². The number of carbonyl (C=O) groups is 3. The Labute approximate surface area is 201 Å². The molecule has 0 saturated heterocycles. The first kappa shape index (κ1) is 28.5. The molecule has 30 heavy (non-hydrogen) atoms. The summed E-state index contributed by atoms with van der Waals surface area (Å²) in [6.07, 6.45) is 10.4. The molecule has 0 aliphatic heterocycles. The van der Waals surface area contributed by atoms with Gasteiger partial charge in [-0.1, -0.05) is 57.6 Å². The summed E-state index contributed by atoms with van der Waals surface area (Å²) >= 11 is 0. The van der Waals surface area contributed by atoms with E-state index >= 15 is 0 Å². The number of Topliss-reactive ketones (excluding diaryl/α,β-unsaturated/α-hetero) is 1. The van der Waals surface area contributed by atoms with Crippen LogP contribution >= 0.6 is 0 Å². The van der Waals surface area contributed by atoms with Crippen molar-refractivity contribution in [3.63, 3.8) is 0 Å². The molecule has 0 saturated carbocycles. The van der Waals surface area contributed by atoms with Crippen LogP contribution in [0.15, 0.2) is 29.3 Å². The summed E-state index contributed by atoms with van der Waals surface area (Å²) in [5, 5.41) is 10.3. The van der Waals surface area contributed by atoms with Crippen LogP contribution in [0.3, 0.4) is 0 Å². The van der Waals surface area contributed by atoms with Crippen molar-refractivity contribution < 1.29 is 53.8 Å². The molecule has 0 atom stereocenters. The smallest absolute Gasteiger partial charge is 0.550 e. The number of carboxylic acid groups (broad SMARTS) is 1. The van der Waals surface area contributed by atoms with Crippen molar-refractivity contribution in [2.45, 2.75) is 84.2 Å². The molecule has 0 radical (unpaired) electrons. The average Bonchev–Trinajstić information content (AvgIpc) is 2.71. The zero-order valence-corrected chi connectivity index (χ0v) is 20.4. The molecule has 0 aliphatic rings. The molecule has 160 valence electrons. The van der Waals surface area contributed by atoms with Gasteiger partial charge in [0, 0.05) is 25.0 Å². The molecule has 7 heteroatoms. The van der Waals surface area contributed by atoms with Gasteiger partial charge in [-0.2, -0.15) is 0 Å². The van der Waals surface area contributed by atoms with Gasteiger partial charge in [0.1, 0.15) is 12.4 Å². The first-order valence-corrected chi connectivity index (χ1v) is 10.5. The van der Waals surface area contributed by atoms with Crippen LogP contribution < -0.4 is 34.7 Å². The van der Waals surface area contributed by atoms with E-state index in [1.807, 2.05) is 0 Å². The van der Waals surface area contributed by atoms with Gasteiger partial charge in [-0.15, -0.1) is 0 Å². The number of carbonyl (C=O) groups excluding carboxylic acids is 3. The van der Waals surface area contributed by atoms with Crippen molar-refractivity contribution >= 4 is 29.6 Å². The number of nitrogens with zero attached hydrogens (tertiary/aromatic N) is 1. The van der Waals surface area contributed by atoms with Gasteiger partial charge in [-0.25, -0.2) is 0 Å². The van der Waals surface area contributed by atoms with Crippen molar-refractivity contribution in [1.82, 2.24) is 0 Å². The van der Waals surface area contributed by atoms with Crippen molar-refractivity contribution in [1.29, 1.82) is 0 Å². The Balaban J connectivity index is 0.00000841. The minimum Gasteiger partial charge on any atom is -0.550 e. The molecule has 0 fully saturated rings. The number of carboxylic acids is 1. The van der Waals surface area contributed by atoms with Gasteiger partial charge >= 0.3 is 35.5 Å². The fourth-order valence-electron chi connectivity index (χ4n) is 2.75. The quantitative estimate of drug-likeness (QED) is 0.171. The van der Waals surface area contributed by atoms with E-state index in [2.05, 4.69) is 11.9 Å². The van der Waals surface area contributed by atoms with Crippen molar-refractivity contribution in [3.05, 3.63) is 29.8 Å². The molecule has 0 unspecified atom stereocenters. The Morgan fingerprint density at radius 3 is 2.20 bits per heavy atom. The predicted molar refractivity (Wildman–Crippen MR) is 111 cm³/mol. The zero-order chi connectivity index (χ0) is 21.3. The molecule has 1 rings (SSSR count). The number of aliphatic imine (C=N–C) groups is 1. The first-order chi connectivity index (χ1) is 14.0. The van der Waals surface area contributed by atoms with Crippen molar-refractivity contribution in [2.75, 3.05) is 0 Å². The van der Waals surface area contributed by atoms with Crippen molar-refractivity contribution in [2.24, 2.45) is 4.99 Å². The minimum absolute atomic E-state index is 0. The molecule has 0 aliphatic carbocycles. The van der Waals surface area contributed by atoms with Gasteiger partial charge < -0.3 is 14.6 Å². The number of esters is 1. The molecular formula is C23H32NNaO5. The molecule has 0 heterocycles. The SMILES string of the molecule is CCCCCCCCCC(=O)CC=Nc1ccc(COC(=O)CCC(=O)[O-])cc1.[Na+]. The number of hydrogen-bond donors (Lipinski definition) is 0. The maximum atomic E-state index is 11.9. The molecule has 1 aromatic rings. The topological polar surface area (TPSA) is 95.9 Å². The average molecular weight is 426 g/mol. The second-order valence-corrected chi connectivity index (χ2v) is 7.12. The van der Waals surface area contributed by atoms with E-state index < -0.39 is 11.9 Å². The molecule has 0 aromatic heterocycles. The van der Waals surface area contributed by atoms with E-state index in [0.717, 1.165) is 24.1 Å². The predicted octanol–water partition coefficient (Wildman–Crippen LogP) is 1.07. The van der Waals surface area contributed by atoms with Crippen LogP contribution in [0.25, 0.3) is 0 Å². The van der Waals surface area contributed by atoms with Gasteiger partial charge in [0.05, 0.1) is 12.1 Å². The maximum Gasteiger partial charge on any atom is 1.00 e. The number of rotatable bonds is 16. The fourth-order valence-corrected chi connectivity index (χ4v) is 2.75. The Bertz CT molecular complexity index is 658. The summed E-state index contributed by atoms with van der Waals surface area (Å²) in [6.45, 7) is 2.28. The Morgan fingerprint density at radius 1 is 0.933 bits per heavy atom.